The van der Waals surface area contributed by atoms with Crippen LogP contribution in [0.1, 0.15) is 0 Å². The van der Waals surface area contributed by atoms with Crippen LogP contribution in [0, 0.1) is 10.1 Å². The lowest BCUT2D eigenvalue weighted by Gasteiger charge is -1.97. The van der Waals surface area contributed by atoms with Gasteiger partial charge in [-0.3, -0.25) is 4.79 Å². The molecule has 0 radical (unpaired) electrons. The Labute approximate surface area is 98.0 Å². The highest BCUT2D eigenvalue weighted by Gasteiger charge is 2.18. The van der Waals surface area contributed by atoms with Crippen LogP contribution in [0.4, 0.5) is 5.82 Å². The van der Waals surface area contributed by atoms with Gasteiger partial charge in [-0.1, -0.05) is 23.2 Å². The zero-order valence-electron chi connectivity index (χ0n) is 7.53. The summed E-state index contributed by atoms with van der Waals surface area (Å²) in [5.74, 6) is -0.795. The monoisotopic (exact) mass is 259 g/mol. The highest BCUT2D eigenvalue weighted by atomic mass is 35.5. The predicted molar refractivity (Wildman–Crippen MR) is 59.0 cm³/mol. The number of hydrogen-bond acceptors (Lipinski definition) is 4. The Hall–Kier alpha value is -1.66. The number of nitro groups is 1. The second-order valence-corrected chi connectivity index (χ2v) is 3.77. The molecule has 2 rings (SSSR count). The molecule has 1 heterocycles. The summed E-state index contributed by atoms with van der Waals surface area (Å²) in [5.41, 5.74) is -0.499. The normalized spacial score (nSPS) is 10.6. The summed E-state index contributed by atoms with van der Waals surface area (Å²) in [6.45, 7) is 0. The second-order valence-electron chi connectivity index (χ2n) is 2.93. The third-order valence-electron chi connectivity index (χ3n) is 1.87. The van der Waals surface area contributed by atoms with Crippen LogP contribution in [-0.4, -0.2) is 14.9 Å². The molecule has 6 nitrogen and oxygen atoms in total. The van der Waals surface area contributed by atoms with Crippen LogP contribution in [0.3, 0.4) is 0 Å². The molecule has 0 saturated heterocycles. The highest BCUT2D eigenvalue weighted by molar-refractivity contribution is 6.38. The van der Waals surface area contributed by atoms with Gasteiger partial charge in [0.1, 0.15) is 0 Å². The van der Waals surface area contributed by atoms with Crippen molar-refractivity contribution in [3.05, 3.63) is 42.6 Å². The first-order valence-corrected chi connectivity index (χ1v) is 4.78. The number of benzene rings is 1. The average Bonchev–Trinajstić information content (AvgIpc) is 2.15. The minimum absolute atomic E-state index is 0.136. The first kappa shape index (κ1) is 10.8. The minimum Gasteiger partial charge on any atom is -0.358 e. The highest BCUT2D eigenvalue weighted by Crippen LogP contribution is 2.25. The molecule has 0 atom stereocenters. The van der Waals surface area contributed by atoms with Crippen LogP contribution < -0.4 is 5.56 Å². The molecular formula is C8H3Cl2N3O3. The Morgan fingerprint density at radius 2 is 2.06 bits per heavy atom. The Morgan fingerprint density at radius 1 is 1.38 bits per heavy atom. The van der Waals surface area contributed by atoms with Crippen LogP contribution >= 0.6 is 23.2 Å². The van der Waals surface area contributed by atoms with Crippen LogP contribution in [0.2, 0.25) is 10.0 Å². The zero-order chi connectivity index (χ0) is 11.9. The van der Waals surface area contributed by atoms with E-state index in [1.165, 1.54) is 12.1 Å². The third-order valence-corrected chi connectivity index (χ3v) is 2.38. The van der Waals surface area contributed by atoms with Crippen molar-refractivity contribution in [3.63, 3.8) is 0 Å². The van der Waals surface area contributed by atoms with E-state index in [4.69, 9.17) is 23.2 Å². The first-order valence-electron chi connectivity index (χ1n) is 4.02. The fourth-order valence-corrected chi connectivity index (χ4v) is 1.77. The van der Waals surface area contributed by atoms with Gasteiger partial charge in [-0.05, 0) is 22.0 Å². The molecule has 0 spiro atoms. The Kier molecular flexibility index (Phi) is 2.53. The van der Waals surface area contributed by atoms with Crippen LogP contribution in [-0.2, 0) is 0 Å². The molecule has 0 unspecified atom stereocenters. The van der Waals surface area contributed by atoms with Crippen molar-refractivity contribution in [2.24, 2.45) is 0 Å². The number of aromatic amines is 1. The van der Waals surface area contributed by atoms with E-state index in [1.807, 2.05) is 0 Å². The summed E-state index contributed by atoms with van der Waals surface area (Å²) < 4.78 is 0. The van der Waals surface area contributed by atoms with E-state index in [9.17, 15) is 14.9 Å². The van der Waals surface area contributed by atoms with E-state index < -0.39 is 16.3 Å². The number of nitrogens with one attached hydrogen (secondary N) is 1. The van der Waals surface area contributed by atoms with Gasteiger partial charge in [-0.15, -0.1) is 0 Å². The number of halogens is 2. The van der Waals surface area contributed by atoms with Gasteiger partial charge in [0.05, 0.1) is 10.5 Å². The second kappa shape index (κ2) is 3.73. The van der Waals surface area contributed by atoms with Gasteiger partial charge in [0.25, 0.3) is 0 Å². The third kappa shape index (κ3) is 1.72. The van der Waals surface area contributed by atoms with E-state index in [1.54, 1.807) is 0 Å². The standard InChI is InChI=1S/C8H3Cl2N3O3/c9-3-1-4(10)6-5(2-3)11-8(14)7(12-6)13(15)16/h1-2H,(H,11,14). The number of nitrogens with zero attached hydrogens (tertiary/aromatic N) is 2. The number of H-pyrrole nitrogens is 1. The molecule has 1 aromatic carbocycles. The number of rotatable bonds is 1. The number of fused-ring (bicyclic) bond motifs is 1. The molecule has 0 fully saturated rings. The minimum atomic E-state index is -0.893. The fraction of sp³-hybridized carbons (Fsp3) is 0. The molecule has 2 aromatic rings. The van der Waals surface area contributed by atoms with Crippen LogP contribution in [0.25, 0.3) is 11.0 Å². The SMILES string of the molecule is O=c1[nH]c2cc(Cl)cc(Cl)c2nc1[N+](=O)[O-]. The van der Waals surface area contributed by atoms with Crippen LogP contribution in [0.15, 0.2) is 16.9 Å². The molecule has 1 N–H and O–H groups in total. The molecule has 8 heteroatoms. The smallest absolute Gasteiger partial charge is 0.358 e. The van der Waals surface area contributed by atoms with Gasteiger partial charge in [-0.2, -0.15) is 0 Å². The Bertz CT molecular complexity index is 653. The lowest BCUT2D eigenvalue weighted by atomic mass is 10.3. The van der Waals surface area contributed by atoms with Crippen molar-refractivity contribution >= 4 is 40.1 Å². The molecule has 0 aliphatic carbocycles. The maximum absolute atomic E-state index is 11.3. The molecule has 0 bridgehead atoms. The van der Waals surface area contributed by atoms with E-state index >= 15 is 0 Å². The lowest BCUT2D eigenvalue weighted by Crippen LogP contribution is -2.13. The van der Waals surface area contributed by atoms with Crippen LogP contribution in [0.5, 0.6) is 0 Å². The van der Waals surface area contributed by atoms with E-state index in [2.05, 4.69) is 9.97 Å². The van der Waals surface area contributed by atoms with Crippen molar-refractivity contribution in [3.8, 4) is 0 Å². The van der Waals surface area contributed by atoms with Gasteiger partial charge >= 0.3 is 11.4 Å². The van der Waals surface area contributed by atoms with Crippen molar-refractivity contribution < 1.29 is 4.92 Å². The lowest BCUT2D eigenvalue weighted by molar-refractivity contribution is -0.390. The summed E-state index contributed by atoms with van der Waals surface area (Å²) in [7, 11) is 0. The van der Waals surface area contributed by atoms with Crippen molar-refractivity contribution in [2.45, 2.75) is 0 Å². The van der Waals surface area contributed by atoms with Crippen molar-refractivity contribution in [2.75, 3.05) is 0 Å². The van der Waals surface area contributed by atoms with Crippen molar-refractivity contribution in [1.82, 2.24) is 9.97 Å². The molecule has 1 aromatic heterocycles. The summed E-state index contributed by atoms with van der Waals surface area (Å²) in [5, 5.41) is 10.9. The Morgan fingerprint density at radius 3 is 2.69 bits per heavy atom. The molecule has 0 aliphatic heterocycles. The fourth-order valence-electron chi connectivity index (χ4n) is 1.23. The maximum Gasteiger partial charge on any atom is 0.430 e. The quantitative estimate of drug-likeness (QED) is 0.628. The van der Waals surface area contributed by atoms with Gasteiger partial charge in [0.15, 0.2) is 0 Å². The average molecular weight is 260 g/mol. The molecule has 82 valence electrons. The molecule has 0 saturated carbocycles. The number of hydrogen-bond donors (Lipinski definition) is 1. The summed E-state index contributed by atoms with van der Waals surface area (Å²) >= 11 is 11.5. The molecule has 16 heavy (non-hydrogen) atoms. The maximum atomic E-state index is 11.3. The van der Waals surface area contributed by atoms with Gasteiger partial charge in [0, 0.05) is 5.02 Å². The topological polar surface area (TPSA) is 88.9 Å². The number of aromatic nitrogens is 2. The largest absolute Gasteiger partial charge is 0.430 e. The molecule has 0 amide bonds. The van der Waals surface area contributed by atoms with E-state index in [0.29, 0.717) is 5.02 Å². The summed E-state index contributed by atoms with van der Waals surface area (Å²) in [4.78, 5) is 26.8. The van der Waals surface area contributed by atoms with Gasteiger partial charge in [0.2, 0.25) is 5.52 Å². The van der Waals surface area contributed by atoms with E-state index in [-0.39, 0.29) is 16.1 Å². The summed E-state index contributed by atoms with van der Waals surface area (Å²) in [6, 6.07) is 2.81. The van der Waals surface area contributed by atoms with Gasteiger partial charge in [-0.25, -0.2) is 0 Å². The molecule has 0 aliphatic rings. The molecular weight excluding hydrogens is 257 g/mol. The summed E-state index contributed by atoms with van der Waals surface area (Å²) in [6.07, 6.45) is 0. The first-order chi connectivity index (χ1) is 7.49. The van der Waals surface area contributed by atoms with Gasteiger partial charge < -0.3 is 15.1 Å². The Balaban J connectivity index is 2.90. The van der Waals surface area contributed by atoms with E-state index in [0.717, 1.165) is 0 Å². The van der Waals surface area contributed by atoms with Crippen molar-refractivity contribution in [1.29, 1.82) is 0 Å². The predicted octanol–water partition coefficient (Wildman–Crippen LogP) is 2.14. The zero-order valence-corrected chi connectivity index (χ0v) is 9.04.